The second-order valence-corrected chi connectivity index (χ2v) is 26.3. The van der Waals surface area contributed by atoms with Gasteiger partial charge in [0.05, 0.1) is 0 Å². The van der Waals surface area contributed by atoms with E-state index in [2.05, 4.69) is 13.4 Å². The van der Waals surface area contributed by atoms with Gasteiger partial charge in [0.1, 0.15) is 0 Å². The Morgan fingerprint density at radius 3 is 1.70 bits per heavy atom. The number of hydrogen-bond donors (Lipinski definition) is 0. The maximum atomic E-state index is 2.60. The van der Waals surface area contributed by atoms with Gasteiger partial charge < -0.3 is 0 Å². The molecular weight excluding hydrogens is 315 g/mol. The molecule has 0 atom stereocenters. The Kier molecular flexibility index (Phi) is 3.20. The molecule has 0 unspecified atom stereocenters. The van der Waals surface area contributed by atoms with Crippen LogP contribution in [0.15, 0.2) is 0 Å². The third-order valence-electron chi connectivity index (χ3n) is 2.83. The molecule has 0 nitrogen and oxygen atoms in total. The van der Waals surface area contributed by atoms with E-state index < -0.39 is 21.2 Å². The minimum absolute atomic E-state index is 1.22. The SMILES string of the molecule is [CH3][Pb]([CH3])([CH3])[CH]1CCCCC1. The monoisotopic (exact) mass is 336 g/mol. The molecule has 10 heavy (non-hydrogen) atoms. The van der Waals surface area contributed by atoms with Crippen molar-refractivity contribution in [2.24, 2.45) is 0 Å². The first-order chi connectivity index (χ1) is 4.61. The fraction of sp³-hybridized carbons (Fsp3) is 1.00. The van der Waals surface area contributed by atoms with Crippen LogP contribution in [0.2, 0.25) is 16.9 Å². The summed E-state index contributed by atoms with van der Waals surface area (Å²) in [6, 6.07) is 0. The molecule has 1 rings (SSSR count). The fourth-order valence-electron chi connectivity index (χ4n) is 1.97. The van der Waals surface area contributed by atoms with E-state index in [0.29, 0.717) is 0 Å². The zero-order valence-electron chi connectivity index (χ0n) is 7.61. The van der Waals surface area contributed by atoms with E-state index in [9.17, 15) is 0 Å². The van der Waals surface area contributed by atoms with Crippen molar-refractivity contribution >= 4 is 21.2 Å². The van der Waals surface area contributed by atoms with Crippen molar-refractivity contribution in [2.45, 2.75) is 49.0 Å². The second kappa shape index (κ2) is 3.55. The Hall–Kier alpha value is 0.922. The van der Waals surface area contributed by atoms with Gasteiger partial charge in [-0.1, -0.05) is 0 Å². The second-order valence-electron chi connectivity index (χ2n) is 4.70. The van der Waals surface area contributed by atoms with Crippen LogP contribution in [0.1, 0.15) is 32.1 Å². The number of rotatable bonds is 1. The summed E-state index contributed by atoms with van der Waals surface area (Å²) in [5, 5.41) is 0. The summed E-state index contributed by atoms with van der Waals surface area (Å²) in [7, 11) is 0. The van der Waals surface area contributed by atoms with E-state index in [-0.39, 0.29) is 0 Å². The zero-order valence-corrected chi connectivity index (χ0v) is 11.5. The molecule has 0 N–H and O–H groups in total. The maximum absolute atomic E-state index is 2.60. The van der Waals surface area contributed by atoms with Gasteiger partial charge in [-0.05, 0) is 0 Å². The van der Waals surface area contributed by atoms with Crippen LogP contribution in [0.3, 0.4) is 0 Å². The Morgan fingerprint density at radius 2 is 1.40 bits per heavy atom. The van der Waals surface area contributed by atoms with Crippen LogP contribution < -0.4 is 0 Å². The first-order valence-corrected chi connectivity index (χ1v) is 18.5. The third-order valence-corrected chi connectivity index (χ3v) is 14.6. The predicted octanol–water partition coefficient (Wildman–Crippen LogP) is 3.66. The molecular formula is C9H20Pb. The van der Waals surface area contributed by atoms with Crippen LogP contribution in [0.25, 0.3) is 0 Å². The van der Waals surface area contributed by atoms with Crippen molar-refractivity contribution in [1.82, 2.24) is 0 Å². The van der Waals surface area contributed by atoms with Crippen LogP contribution in [-0.4, -0.2) is 21.2 Å². The molecule has 0 bridgehead atoms. The summed E-state index contributed by atoms with van der Waals surface area (Å²) >= 11 is -1.55. The molecule has 0 aromatic heterocycles. The topological polar surface area (TPSA) is 0 Å². The standard InChI is InChI=1S/C6H11.3CH3.Pb/c1-2-4-6-5-3-1;;;;/h1H,2-6H2;3*1H3;. The summed E-state index contributed by atoms with van der Waals surface area (Å²) in [6.07, 6.45) is 7.72. The van der Waals surface area contributed by atoms with Crippen LogP contribution in [0, 0.1) is 0 Å². The van der Waals surface area contributed by atoms with E-state index >= 15 is 0 Å². The number of hydrogen-bond acceptors (Lipinski definition) is 0. The van der Waals surface area contributed by atoms with Gasteiger partial charge in [-0.3, -0.25) is 0 Å². The van der Waals surface area contributed by atoms with E-state index in [1.807, 2.05) is 0 Å². The quantitative estimate of drug-likeness (QED) is 0.642. The Bertz CT molecular complexity index is 95.8. The molecule has 0 aromatic carbocycles. The molecule has 0 aliphatic heterocycles. The van der Waals surface area contributed by atoms with Crippen molar-refractivity contribution in [3.63, 3.8) is 0 Å². The van der Waals surface area contributed by atoms with Gasteiger partial charge in [0.2, 0.25) is 0 Å². The molecule has 0 radical (unpaired) electrons. The zero-order chi connectivity index (χ0) is 7.61. The molecule has 1 saturated carbocycles. The average molecular weight is 335 g/mol. The predicted molar refractivity (Wildman–Crippen MR) is 50.2 cm³/mol. The molecule has 1 aliphatic carbocycles. The fourth-order valence-corrected chi connectivity index (χ4v) is 10.3. The Balaban J connectivity index is 2.39. The Morgan fingerprint density at radius 1 is 0.900 bits per heavy atom. The van der Waals surface area contributed by atoms with E-state index in [4.69, 9.17) is 0 Å². The molecule has 1 fully saturated rings. The molecule has 0 heterocycles. The van der Waals surface area contributed by atoms with Gasteiger partial charge in [-0.2, -0.15) is 0 Å². The summed E-state index contributed by atoms with van der Waals surface area (Å²) in [4.78, 5) is 0. The van der Waals surface area contributed by atoms with Gasteiger partial charge in [0, 0.05) is 0 Å². The van der Waals surface area contributed by atoms with Crippen LogP contribution in [0.5, 0.6) is 0 Å². The van der Waals surface area contributed by atoms with Gasteiger partial charge in [-0.25, -0.2) is 0 Å². The molecule has 1 heteroatoms. The molecule has 1 aliphatic rings. The van der Waals surface area contributed by atoms with Crippen molar-refractivity contribution in [1.29, 1.82) is 0 Å². The third kappa shape index (κ3) is 2.51. The Labute approximate surface area is 70.1 Å². The summed E-state index contributed by atoms with van der Waals surface area (Å²) < 4.78 is 9.02. The van der Waals surface area contributed by atoms with Crippen molar-refractivity contribution in [2.75, 3.05) is 0 Å². The normalized spacial score (nSPS) is 23.1. The van der Waals surface area contributed by atoms with Gasteiger partial charge in [0.15, 0.2) is 0 Å². The van der Waals surface area contributed by atoms with E-state index in [1.54, 1.807) is 12.8 Å². The minimum atomic E-state index is -1.55. The van der Waals surface area contributed by atoms with Crippen molar-refractivity contribution < 1.29 is 0 Å². The van der Waals surface area contributed by atoms with Crippen molar-refractivity contribution in [3.8, 4) is 0 Å². The molecule has 0 saturated heterocycles. The van der Waals surface area contributed by atoms with Crippen LogP contribution in [-0.2, 0) is 0 Å². The first-order valence-electron chi connectivity index (χ1n) is 4.61. The summed E-state index contributed by atoms with van der Waals surface area (Å²) in [5.41, 5.74) is 0. The van der Waals surface area contributed by atoms with Gasteiger partial charge in [-0.15, -0.1) is 0 Å². The van der Waals surface area contributed by atoms with Gasteiger partial charge >= 0.3 is 70.2 Å². The molecule has 0 aromatic rings. The molecule has 0 spiro atoms. The van der Waals surface area contributed by atoms with Crippen molar-refractivity contribution in [3.05, 3.63) is 0 Å². The van der Waals surface area contributed by atoms with Crippen LogP contribution >= 0.6 is 0 Å². The summed E-state index contributed by atoms with van der Waals surface area (Å²) in [5.74, 6) is 0. The average Bonchev–Trinajstić information content (AvgIpc) is 1.88. The van der Waals surface area contributed by atoms with E-state index in [0.717, 1.165) is 0 Å². The molecule has 0 amide bonds. The van der Waals surface area contributed by atoms with Gasteiger partial charge in [0.25, 0.3) is 0 Å². The van der Waals surface area contributed by atoms with Crippen LogP contribution in [0.4, 0.5) is 0 Å². The molecule has 60 valence electrons. The first kappa shape index (κ1) is 9.01. The van der Waals surface area contributed by atoms with E-state index in [1.165, 1.54) is 22.7 Å². The summed E-state index contributed by atoms with van der Waals surface area (Å²) in [6.45, 7) is 0.